The Hall–Kier alpha value is -1.62. The number of likely N-dealkylation sites (tertiary alicyclic amines) is 1. The number of pyridine rings is 1. The fourth-order valence-corrected chi connectivity index (χ4v) is 3.25. The standard InChI is InChI=1S/C16H23N3O2/c20-15-4-5-16(6-10-21-13-16)12-19(15)9-2-8-18-14-3-1-7-17-11-14/h1,3,7,11,18H,2,4-6,8-10,12-13H2/t16-/m0/s1. The van der Waals surface area contributed by atoms with Crippen molar-refractivity contribution in [3.05, 3.63) is 24.5 Å². The van der Waals surface area contributed by atoms with Crippen molar-refractivity contribution in [1.29, 1.82) is 0 Å². The lowest BCUT2D eigenvalue weighted by molar-refractivity contribution is -0.137. The smallest absolute Gasteiger partial charge is 0.222 e. The summed E-state index contributed by atoms with van der Waals surface area (Å²) in [5, 5.41) is 3.33. The van der Waals surface area contributed by atoms with Gasteiger partial charge >= 0.3 is 0 Å². The van der Waals surface area contributed by atoms with Gasteiger partial charge in [0.1, 0.15) is 0 Å². The first-order chi connectivity index (χ1) is 10.3. The Balaban J connectivity index is 1.44. The second kappa shape index (κ2) is 6.43. The minimum atomic E-state index is 0.241. The van der Waals surface area contributed by atoms with Gasteiger partial charge in [0.25, 0.3) is 0 Å². The molecule has 2 saturated heterocycles. The van der Waals surface area contributed by atoms with E-state index in [2.05, 4.69) is 10.3 Å². The molecule has 2 aliphatic heterocycles. The van der Waals surface area contributed by atoms with Gasteiger partial charge in [-0.3, -0.25) is 9.78 Å². The summed E-state index contributed by atoms with van der Waals surface area (Å²) in [6.07, 6.45) is 7.32. The van der Waals surface area contributed by atoms with Gasteiger partial charge < -0.3 is 15.0 Å². The molecule has 0 bridgehead atoms. The van der Waals surface area contributed by atoms with Crippen molar-refractivity contribution in [2.24, 2.45) is 5.41 Å². The highest BCUT2D eigenvalue weighted by molar-refractivity contribution is 5.77. The van der Waals surface area contributed by atoms with Crippen molar-refractivity contribution in [3.63, 3.8) is 0 Å². The van der Waals surface area contributed by atoms with Gasteiger partial charge in [-0.2, -0.15) is 0 Å². The lowest BCUT2D eigenvalue weighted by Gasteiger charge is -2.39. The molecule has 3 heterocycles. The Labute approximate surface area is 125 Å². The molecule has 1 aromatic rings. The predicted octanol–water partition coefficient (Wildman–Crippen LogP) is 1.91. The highest BCUT2D eigenvalue weighted by Crippen LogP contribution is 2.37. The molecule has 21 heavy (non-hydrogen) atoms. The van der Waals surface area contributed by atoms with Crippen LogP contribution in [0.25, 0.3) is 0 Å². The molecule has 2 aliphatic rings. The Bertz CT molecular complexity index is 472. The maximum Gasteiger partial charge on any atom is 0.222 e. The number of amides is 1. The van der Waals surface area contributed by atoms with E-state index in [1.54, 1.807) is 6.20 Å². The lowest BCUT2D eigenvalue weighted by atomic mass is 9.79. The summed E-state index contributed by atoms with van der Waals surface area (Å²) in [5.41, 5.74) is 1.27. The summed E-state index contributed by atoms with van der Waals surface area (Å²) < 4.78 is 5.55. The van der Waals surface area contributed by atoms with Crippen LogP contribution in [0, 0.1) is 5.41 Å². The van der Waals surface area contributed by atoms with E-state index in [1.807, 2.05) is 23.2 Å². The topological polar surface area (TPSA) is 54.5 Å². The Kier molecular flexibility index (Phi) is 4.39. The van der Waals surface area contributed by atoms with Gasteiger partial charge in [-0.15, -0.1) is 0 Å². The van der Waals surface area contributed by atoms with Crippen LogP contribution in [0.5, 0.6) is 0 Å². The van der Waals surface area contributed by atoms with Gasteiger partial charge in [0.2, 0.25) is 5.91 Å². The Morgan fingerprint density at radius 1 is 1.43 bits per heavy atom. The first-order valence-electron chi connectivity index (χ1n) is 7.77. The van der Waals surface area contributed by atoms with Crippen LogP contribution in [0.1, 0.15) is 25.7 Å². The number of rotatable bonds is 5. The molecule has 2 fully saturated rings. The molecule has 0 aliphatic carbocycles. The molecular weight excluding hydrogens is 266 g/mol. The molecule has 1 spiro atoms. The normalized spacial score (nSPS) is 25.5. The zero-order valence-corrected chi connectivity index (χ0v) is 12.4. The predicted molar refractivity (Wildman–Crippen MR) is 81.0 cm³/mol. The third-order valence-corrected chi connectivity index (χ3v) is 4.53. The van der Waals surface area contributed by atoms with Gasteiger partial charge in [0, 0.05) is 50.5 Å². The van der Waals surface area contributed by atoms with Crippen molar-refractivity contribution in [3.8, 4) is 0 Å². The van der Waals surface area contributed by atoms with Crippen LogP contribution in [0.4, 0.5) is 5.69 Å². The maximum absolute atomic E-state index is 12.1. The van der Waals surface area contributed by atoms with E-state index in [1.165, 1.54) is 0 Å². The zero-order valence-electron chi connectivity index (χ0n) is 12.4. The molecule has 5 nitrogen and oxygen atoms in total. The average molecular weight is 289 g/mol. The van der Waals surface area contributed by atoms with Crippen LogP contribution in [0.3, 0.4) is 0 Å². The van der Waals surface area contributed by atoms with Crippen LogP contribution >= 0.6 is 0 Å². The molecular formula is C16H23N3O2. The SMILES string of the molecule is O=C1CC[C@]2(CCOC2)CN1CCCNc1cccnc1. The summed E-state index contributed by atoms with van der Waals surface area (Å²) in [4.78, 5) is 18.2. The van der Waals surface area contributed by atoms with Crippen molar-refractivity contribution in [2.45, 2.75) is 25.7 Å². The van der Waals surface area contributed by atoms with Crippen molar-refractivity contribution < 1.29 is 9.53 Å². The maximum atomic E-state index is 12.1. The van der Waals surface area contributed by atoms with Gasteiger partial charge in [0.15, 0.2) is 0 Å². The van der Waals surface area contributed by atoms with E-state index in [0.717, 1.165) is 57.8 Å². The minimum Gasteiger partial charge on any atom is -0.384 e. The summed E-state index contributed by atoms with van der Waals surface area (Å²) in [5.74, 6) is 0.300. The first-order valence-corrected chi connectivity index (χ1v) is 7.77. The first kappa shape index (κ1) is 14.3. The summed E-state index contributed by atoms with van der Waals surface area (Å²) in [6.45, 7) is 4.24. The Morgan fingerprint density at radius 3 is 3.14 bits per heavy atom. The zero-order chi connectivity index (χ0) is 14.5. The van der Waals surface area contributed by atoms with Gasteiger partial charge in [-0.25, -0.2) is 0 Å². The second-order valence-corrected chi connectivity index (χ2v) is 6.14. The summed E-state index contributed by atoms with van der Waals surface area (Å²) >= 11 is 0. The van der Waals surface area contributed by atoms with Crippen LogP contribution in [-0.2, 0) is 9.53 Å². The number of piperidine rings is 1. The number of ether oxygens (including phenoxy) is 1. The van der Waals surface area contributed by atoms with Crippen LogP contribution in [0.2, 0.25) is 0 Å². The van der Waals surface area contributed by atoms with Crippen molar-refractivity contribution >= 4 is 11.6 Å². The molecule has 1 amide bonds. The van der Waals surface area contributed by atoms with E-state index in [-0.39, 0.29) is 5.41 Å². The minimum absolute atomic E-state index is 0.241. The summed E-state index contributed by atoms with van der Waals surface area (Å²) in [6, 6.07) is 3.92. The second-order valence-electron chi connectivity index (χ2n) is 6.14. The third kappa shape index (κ3) is 3.53. The summed E-state index contributed by atoms with van der Waals surface area (Å²) in [7, 11) is 0. The van der Waals surface area contributed by atoms with Gasteiger partial charge in [0.05, 0.1) is 12.3 Å². The molecule has 0 radical (unpaired) electrons. The van der Waals surface area contributed by atoms with E-state index in [4.69, 9.17) is 4.74 Å². The molecule has 3 rings (SSSR count). The number of carbonyl (C=O) groups is 1. The average Bonchev–Trinajstić information content (AvgIpc) is 2.97. The largest absolute Gasteiger partial charge is 0.384 e. The number of hydrogen-bond donors (Lipinski definition) is 1. The molecule has 0 saturated carbocycles. The van der Waals surface area contributed by atoms with E-state index in [0.29, 0.717) is 12.3 Å². The van der Waals surface area contributed by atoms with Crippen LogP contribution in [-0.4, -0.2) is 48.6 Å². The molecule has 0 aromatic carbocycles. The molecule has 1 aromatic heterocycles. The lowest BCUT2D eigenvalue weighted by Crippen LogP contribution is -2.47. The van der Waals surface area contributed by atoms with Gasteiger partial charge in [-0.05, 0) is 31.4 Å². The number of carbonyl (C=O) groups excluding carboxylic acids is 1. The number of hydrogen-bond acceptors (Lipinski definition) is 4. The number of aromatic nitrogens is 1. The fraction of sp³-hybridized carbons (Fsp3) is 0.625. The van der Waals surface area contributed by atoms with Crippen molar-refractivity contribution in [1.82, 2.24) is 9.88 Å². The van der Waals surface area contributed by atoms with Crippen LogP contribution < -0.4 is 5.32 Å². The van der Waals surface area contributed by atoms with E-state index >= 15 is 0 Å². The molecule has 5 heteroatoms. The molecule has 1 N–H and O–H groups in total. The fourth-order valence-electron chi connectivity index (χ4n) is 3.25. The monoisotopic (exact) mass is 289 g/mol. The number of nitrogens with one attached hydrogen (secondary N) is 1. The van der Waals surface area contributed by atoms with Gasteiger partial charge in [-0.1, -0.05) is 0 Å². The number of anilines is 1. The molecule has 114 valence electrons. The highest BCUT2D eigenvalue weighted by Gasteiger charge is 2.41. The molecule has 0 unspecified atom stereocenters. The van der Waals surface area contributed by atoms with E-state index < -0.39 is 0 Å². The highest BCUT2D eigenvalue weighted by atomic mass is 16.5. The molecule has 1 atom stereocenters. The number of nitrogens with zero attached hydrogens (tertiary/aromatic N) is 2. The van der Waals surface area contributed by atoms with Crippen molar-refractivity contribution in [2.75, 3.05) is 38.2 Å². The third-order valence-electron chi connectivity index (χ3n) is 4.53. The van der Waals surface area contributed by atoms with E-state index in [9.17, 15) is 4.79 Å². The Morgan fingerprint density at radius 2 is 2.38 bits per heavy atom. The van der Waals surface area contributed by atoms with Crippen LogP contribution in [0.15, 0.2) is 24.5 Å². The quantitative estimate of drug-likeness (QED) is 0.841.